The Bertz CT molecular complexity index is 2470. The van der Waals surface area contributed by atoms with Crippen molar-refractivity contribution in [1.29, 1.82) is 0 Å². The minimum atomic E-state index is -0.184. The van der Waals surface area contributed by atoms with Gasteiger partial charge in [-0.25, -0.2) is 15.0 Å². The number of furan rings is 1. The zero-order chi connectivity index (χ0) is 33.3. The minimum Gasteiger partial charge on any atom is -0.456 e. The second-order valence-corrected chi connectivity index (χ2v) is 14.1. The molecule has 0 amide bonds. The summed E-state index contributed by atoms with van der Waals surface area (Å²) >= 11 is 0. The van der Waals surface area contributed by atoms with Gasteiger partial charge in [0.05, 0.1) is 0 Å². The van der Waals surface area contributed by atoms with Crippen LogP contribution in [0.25, 0.3) is 78.4 Å². The molecule has 4 nitrogen and oxygen atoms in total. The van der Waals surface area contributed by atoms with Crippen LogP contribution >= 0.6 is 0 Å². The van der Waals surface area contributed by atoms with Gasteiger partial charge in [0.15, 0.2) is 17.5 Å². The van der Waals surface area contributed by atoms with E-state index < -0.39 is 0 Å². The Hall–Kier alpha value is -5.87. The van der Waals surface area contributed by atoms with E-state index in [1.165, 1.54) is 38.6 Å². The summed E-state index contributed by atoms with van der Waals surface area (Å²) in [5.74, 6) is 1.97. The lowest BCUT2D eigenvalue weighted by Gasteiger charge is -2.48. The summed E-state index contributed by atoms with van der Waals surface area (Å²) in [5, 5.41) is 2.35. The highest BCUT2D eigenvalue weighted by Gasteiger charge is 2.47. The number of benzene rings is 6. The molecule has 0 aliphatic heterocycles. The van der Waals surface area contributed by atoms with Crippen molar-refractivity contribution >= 4 is 21.9 Å². The van der Waals surface area contributed by atoms with E-state index in [2.05, 4.69) is 100 Å². The molecule has 0 radical (unpaired) electrons. The lowest BCUT2D eigenvalue weighted by atomic mass is 9.55. The van der Waals surface area contributed by atoms with E-state index in [0.29, 0.717) is 17.5 Å². The quantitative estimate of drug-likeness (QED) is 0.193. The van der Waals surface area contributed by atoms with Gasteiger partial charge in [0.1, 0.15) is 11.2 Å². The molecular weight excluding hydrogens is 599 g/mol. The Morgan fingerprint density at radius 2 is 0.939 bits per heavy atom. The number of nitrogens with zero attached hydrogens (tertiary/aromatic N) is 3. The van der Waals surface area contributed by atoms with Crippen LogP contribution in [0, 0.1) is 0 Å². The molecule has 6 aromatic carbocycles. The van der Waals surface area contributed by atoms with Gasteiger partial charge in [0.25, 0.3) is 0 Å². The molecule has 1 aliphatic carbocycles. The first kappa shape index (κ1) is 29.3. The van der Waals surface area contributed by atoms with Crippen molar-refractivity contribution < 1.29 is 4.42 Å². The fraction of sp³-hybridized carbons (Fsp3) is 0.133. The molecule has 0 bridgehead atoms. The maximum absolute atomic E-state index is 6.59. The number of hydrogen-bond acceptors (Lipinski definition) is 4. The first-order chi connectivity index (χ1) is 23.8. The smallest absolute Gasteiger partial charge is 0.164 e. The molecule has 0 saturated carbocycles. The molecule has 0 N–H and O–H groups in total. The van der Waals surface area contributed by atoms with Crippen molar-refractivity contribution in [3.63, 3.8) is 0 Å². The van der Waals surface area contributed by atoms with Crippen LogP contribution in [-0.4, -0.2) is 15.0 Å². The molecule has 0 unspecified atom stereocenters. The van der Waals surface area contributed by atoms with Crippen LogP contribution in [-0.2, 0) is 10.8 Å². The Labute approximate surface area is 286 Å². The second kappa shape index (κ2) is 10.8. The topological polar surface area (TPSA) is 51.8 Å². The summed E-state index contributed by atoms with van der Waals surface area (Å²) in [4.78, 5) is 14.7. The van der Waals surface area contributed by atoms with Gasteiger partial charge in [-0.2, -0.15) is 0 Å². The molecule has 0 spiro atoms. The van der Waals surface area contributed by atoms with Crippen LogP contribution in [0.2, 0.25) is 0 Å². The standard InChI is InChI=1S/C45H35N3O/c1-44(2)37-27-32(23-24-33(37)35-25-26-36-34-17-11-12-18-38(34)49-40(36)39(35)45(44,3)4)28-19-21-31(22-20-28)43-47-41(29-13-7-5-8-14-29)46-42(48-43)30-15-9-6-10-16-30/h5-27H,1-4H3. The van der Waals surface area contributed by atoms with Gasteiger partial charge in [0.2, 0.25) is 0 Å². The summed E-state index contributed by atoms with van der Waals surface area (Å²) in [6.45, 7) is 9.48. The van der Waals surface area contributed by atoms with Crippen molar-refractivity contribution in [2.45, 2.75) is 38.5 Å². The van der Waals surface area contributed by atoms with Crippen LogP contribution in [0.5, 0.6) is 0 Å². The molecule has 0 atom stereocenters. The third-order valence-electron chi connectivity index (χ3n) is 10.9. The van der Waals surface area contributed by atoms with Crippen LogP contribution in [0.1, 0.15) is 38.8 Å². The summed E-state index contributed by atoms with van der Waals surface area (Å²) in [6, 6.07) is 48.6. The molecule has 236 valence electrons. The number of aromatic nitrogens is 3. The van der Waals surface area contributed by atoms with Crippen molar-refractivity contribution in [2.75, 3.05) is 0 Å². The van der Waals surface area contributed by atoms with Gasteiger partial charge in [-0.3, -0.25) is 0 Å². The predicted octanol–water partition coefficient (Wildman–Crippen LogP) is 11.7. The van der Waals surface area contributed by atoms with Gasteiger partial charge in [-0.05, 0) is 51.4 Å². The molecule has 0 saturated heterocycles. The Morgan fingerprint density at radius 1 is 0.429 bits per heavy atom. The third kappa shape index (κ3) is 4.55. The monoisotopic (exact) mass is 633 g/mol. The van der Waals surface area contributed by atoms with E-state index in [-0.39, 0.29) is 10.8 Å². The number of hydrogen-bond donors (Lipinski definition) is 0. The van der Waals surface area contributed by atoms with Crippen LogP contribution < -0.4 is 0 Å². The van der Waals surface area contributed by atoms with Gasteiger partial charge in [0, 0.05) is 38.4 Å². The predicted molar refractivity (Wildman–Crippen MR) is 200 cm³/mol. The SMILES string of the molecule is CC1(C)c2cc(-c3ccc(-c4nc(-c5ccccc5)nc(-c5ccccc5)n4)cc3)ccc2-c2ccc3c(oc4ccccc43)c2C1(C)C. The molecule has 2 heterocycles. The van der Waals surface area contributed by atoms with Crippen molar-refractivity contribution in [2.24, 2.45) is 0 Å². The summed E-state index contributed by atoms with van der Waals surface area (Å²) in [7, 11) is 0. The van der Waals surface area contributed by atoms with Crippen LogP contribution in [0.4, 0.5) is 0 Å². The largest absolute Gasteiger partial charge is 0.456 e. The lowest BCUT2D eigenvalue weighted by Crippen LogP contribution is -2.43. The van der Waals surface area contributed by atoms with Gasteiger partial charge >= 0.3 is 0 Å². The van der Waals surface area contributed by atoms with E-state index in [1.54, 1.807) is 0 Å². The highest BCUT2D eigenvalue weighted by Crippen LogP contribution is 2.56. The summed E-state index contributed by atoms with van der Waals surface area (Å²) < 4.78 is 6.59. The average molecular weight is 634 g/mol. The highest BCUT2D eigenvalue weighted by atomic mass is 16.3. The Kier molecular flexibility index (Phi) is 6.47. The van der Waals surface area contributed by atoms with Gasteiger partial charge in [-0.15, -0.1) is 0 Å². The van der Waals surface area contributed by atoms with Gasteiger partial charge in [-0.1, -0.05) is 149 Å². The van der Waals surface area contributed by atoms with Crippen LogP contribution in [0.15, 0.2) is 144 Å². The highest BCUT2D eigenvalue weighted by molar-refractivity contribution is 6.08. The van der Waals surface area contributed by atoms with Crippen molar-refractivity contribution in [3.05, 3.63) is 151 Å². The molecule has 2 aromatic heterocycles. The van der Waals surface area contributed by atoms with E-state index in [9.17, 15) is 0 Å². The van der Waals surface area contributed by atoms with Gasteiger partial charge < -0.3 is 4.42 Å². The first-order valence-corrected chi connectivity index (χ1v) is 16.9. The fourth-order valence-corrected chi connectivity index (χ4v) is 7.51. The molecule has 9 rings (SSSR count). The number of para-hydroxylation sites is 1. The molecular formula is C45H35N3O. The molecule has 0 fully saturated rings. The maximum Gasteiger partial charge on any atom is 0.164 e. The minimum absolute atomic E-state index is 0.162. The van der Waals surface area contributed by atoms with Crippen molar-refractivity contribution in [3.8, 4) is 56.4 Å². The van der Waals surface area contributed by atoms with Crippen LogP contribution in [0.3, 0.4) is 0 Å². The molecule has 4 heteroatoms. The van der Waals surface area contributed by atoms with Crippen molar-refractivity contribution in [1.82, 2.24) is 15.0 Å². The Balaban J connectivity index is 1.13. The number of rotatable bonds is 4. The van der Waals surface area contributed by atoms with E-state index >= 15 is 0 Å². The normalized spacial score (nSPS) is 14.4. The Morgan fingerprint density at radius 3 is 1.57 bits per heavy atom. The second-order valence-electron chi connectivity index (χ2n) is 14.1. The van der Waals surface area contributed by atoms with E-state index in [1.807, 2.05) is 66.7 Å². The third-order valence-corrected chi connectivity index (χ3v) is 10.9. The zero-order valence-electron chi connectivity index (χ0n) is 28.0. The zero-order valence-corrected chi connectivity index (χ0v) is 28.0. The summed E-state index contributed by atoms with van der Waals surface area (Å²) in [6.07, 6.45) is 0. The molecule has 8 aromatic rings. The lowest BCUT2D eigenvalue weighted by molar-refractivity contribution is 0.299. The number of fused-ring (bicyclic) bond motifs is 7. The van der Waals surface area contributed by atoms with E-state index in [4.69, 9.17) is 19.4 Å². The fourth-order valence-electron chi connectivity index (χ4n) is 7.51. The average Bonchev–Trinajstić information content (AvgIpc) is 3.53. The maximum atomic E-state index is 6.59. The summed E-state index contributed by atoms with van der Waals surface area (Å²) in [5.41, 5.74) is 12.0. The molecule has 49 heavy (non-hydrogen) atoms. The first-order valence-electron chi connectivity index (χ1n) is 16.9. The van der Waals surface area contributed by atoms with E-state index in [0.717, 1.165) is 33.4 Å². The molecule has 1 aliphatic rings.